The molecule has 2 nitrogen and oxygen atoms in total. The van der Waals surface area contributed by atoms with E-state index in [0.717, 1.165) is 0 Å². The highest BCUT2D eigenvalue weighted by Gasteiger charge is 2.10. The molecule has 0 bridgehead atoms. The van der Waals surface area contributed by atoms with Crippen molar-refractivity contribution in [1.82, 2.24) is 5.48 Å². The summed E-state index contributed by atoms with van der Waals surface area (Å²) >= 11 is 0. The van der Waals surface area contributed by atoms with Gasteiger partial charge in [-0.1, -0.05) is 6.08 Å². The van der Waals surface area contributed by atoms with E-state index in [2.05, 4.69) is 12.1 Å². The molecule has 10 heavy (non-hydrogen) atoms. The Kier molecular flexibility index (Phi) is 3.61. The Hall–Kier alpha value is -0.340. The lowest BCUT2D eigenvalue weighted by molar-refractivity contribution is -0.0798. The van der Waals surface area contributed by atoms with Crippen molar-refractivity contribution in [3.8, 4) is 0 Å². The van der Waals surface area contributed by atoms with E-state index in [-0.39, 0.29) is 11.6 Å². The molecule has 0 rings (SSSR count). The van der Waals surface area contributed by atoms with Crippen LogP contribution in [0.3, 0.4) is 0 Å². The molecule has 60 valence electrons. The molecule has 1 atom stereocenters. The van der Waals surface area contributed by atoms with E-state index in [1.165, 1.54) is 0 Å². The highest BCUT2D eigenvalue weighted by molar-refractivity contribution is 4.78. The van der Waals surface area contributed by atoms with Gasteiger partial charge in [-0.3, -0.25) is 4.84 Å². The molecule has 0 aliphatic heterocycles. The van der Waals surface area contributed by atoms with Crippen LogP contribution in [-0.2, 0) is 4.84 Å². The van der Waals surface area contributed by atoms with Crippen molar-refractivity contribution in [2.24, 2.45) is 0 Å². The van der Waals surface area contributed by atoms with Gasteiger partial charge in [0, 0.05) is 6.04 Å². The Morgan fingerprint density at radius 1 is 1.50 bits per heavy atom. The second-order valence-corrected chi connectivity index (χ2v) is 3.36. The van der Waals surface area contributed by atoms with Crippen LogP contribution in [0.1, 0.15) is 27.7 Å². The Bertz CT molecular complexity index is 104. The number of hydrogen-bond acceptors (Lipinski definition) is 2. The Balaban J connectivity index is 3.45. The topological polar surface area (TPSA) is 21.3 Å². The van der Waals surface area contributed by atoms with E-state index < -0.39 is 0 Å². The summed E-state index contributed by atoms with van der Waals surface area (Å²) < 4.78 is 0. The summed E-state index contributed by atoms with van der Waals surface area (Å²) in [5.41, 5.74) is 2.73. The first-order valence-electron chi connectivity index (χ1n) is 3.52. The molecule has 0 aliphatic carbocycles. The Morgan fingerprint density at radius 2 is 2.00 bits per heavy atom. The van der Waals surface area contributed by atoms with Gasteiger partial charge in [0.05, 0.1) is 5.60 Å². The van der Waals surface area contributed by atoms with Gasteiger partial charge in [-0.05, 0) is 27.7 Å². The van der Waals surface area contributed by atoms with Crippen molar-refractivity contribution in [2.75, 3.05) is 0 Å². The highest BCUT2D eigenvalue weighted by Crippen LogP contribution is 2.04. The van der Waals surface area contributed by atoms with E-state index in [4.69, 9.17) is 4.84 Å². The van der Waals surface area contributed by atoms with Crippen LogP contribution in [0, 0.1) is 0 Å². The van der Waals surface area contributed by atoms with Crippen LogP contribution in [0.4, 0.5) is 0 Å². The van der Waals surface area contributed by atoms with Crippen molar-refractivity contribution in [3.63, 3.8) is 0 Å². The molecule has 0 spiro atoms. The molecule has 1 unspecified atom stereocenters. The summed E-state index contributed by atoms with van der Waals surface area (Å²) in [6.45, 7) is 11.6. The predicted molar refractivity (Wildman–Crippen MR) is 43.6 cm³/mol. The van der Waals surface area contributed by atoms with Gasteiger partial charge in [0.2, 0.25) is 0 Å². The molecule has 1 N–H and O–H groups in total. The van der Waals surface area contributed by atoms with Crippen LogP contribution in [0.5, 0.6) is 0 Å². The smallest absolute Gasteiger partial charge is 0.0813 e. The fraction of sp³-hybridized carbons (Fsp3) is 0.750. The maximum atomic E-state index is 5.26. The summed E-state index contributed by atoms with van der Waals surface area (Å²) in [6, 6.07) is 0.208. The molecule has 0 aliphatic rings. The quantitative estimate of drug-likeness (QED) is 0.481. The zero-order chi connectivity index (χ0) is 8.20. The minimum Gasteiger partial charge on any atom is -0.296 e. The third-order valence-electron chi connectivity index (χ3n) is 0.905. The summed E-state index contributed by atoms with van der Waals surface area (Å²) in [5.74, 6) is 0. The largest absolute Gasteiger partial charge is 0.296 e. The van der Waals surface area contributed by atoms with Gasteiger partial charge in [-0.2, -0.15) is 5.48 Å². The van der Waals surface area contributed by atoms with Gasteiger partial charge in [-0.25, -0.2) is 0 Å². The first-order chi connectivity index (χ1) is 4.45. The zero-order valence-electron chi connectivity index (χ0n) is 7.27. The van der Waals surface area contributed by atoms with Gasteiger partial charge < -0.3 is 0 Å². The van der Waals surface area contributed by atoms with E-state index in [1.54, 1.807) is 6.08 Å². The van der Waals surface area contributed by atoms with Gasteiger partial charge in [0.15, 0.2) is 0 Å². The van der Waals surface area contributed by atoms with E-state index in [1.807, 2.05) is 27.7 Å². The maximum absolute atomic E-state index is 5.26. The minimum absolute atomic E-state index is 0.128. The van der Waals surface area contributed by atoms with Crippen LogP contribution in [0.15, 0.2) is 12.7 Å². The number of nitrogens with one attached hydrogen (secondary N) is 1. The fourth-order valence-electron chi connectivity index (χ4n) is 0.318. The zero-order valence-corrected chi connectivity index (χ0v) is 7.27. The molecule has 0 saturated heterocycles. The number of hydroxylamine groups is 1. The third-order valence-corrected chi connectivity index (χ3v) is 0.905. The highest BCUT2D eigenvalue weighted by atomic mass is 16.7. The summed E-state index contributed by atoms with van der Waals surface area (Å²) in [4.78, 5) is 5.26. The second-order valence-electron chi connectivity index (χ2n) is 3.36. The predicted octanol–water partition coefficient (Wildman–Crippen LogP) is 1.88. The summed E-state index contributed by atoms with van der Waals surface area (Å²) in [6.07, 6.45) is 1.80. The standard InChI is InChI=1S/C8H17NO/c1-6-7(2)9-10-8(3,4)5/h6-7,9H,1H2,2-5H3. The average Bonchev–Trinajstić information content (AvgIpc) is 1.81. The van der Waals surface area contributed by atoms with E-state index in [9.17, 15) is 0 Å². The van der Waals surface area contributed by atoms with Crippen molar-refractivity contribution < 1.29 is 4.84 Å². The summed E-state index contributed by atoms with van der Waals surface area (Å²) in [7, 11) is 0. The molecule has 0 radical (unpaired) electrons. The number of rotatable bonds is 3. The van der Waals surface area contributed by atoms with Crippen molar-refractivity contribution in [1.29, 1.82) is 0 Å². The van der Waals surface area contributed by atoms with Gasteiger partial charge in [0.25, 0.3) is 0 Å². The SMILES string of the molecule is C=CC(C)NOC(C)(C)C. The lowest BCUT2D eigenvalue weighted by atomic mass is 10.2. The first kappa shape index (κ1) is 9.66. The summed E-state index contributed by atoms with van der Waals surface area (Å²) in [5, 5.41) is 0. The monoisotopic (exact) mass is 143 g/mol. The molecule has 0 amide bonds. The lowest BCUT2D eigenvalue weighted by Crippen LogP contribution is -2.33. The van der Waals surface area contributed by atoms with Gasteiger partial charge >= 0.3 is 0 Å². The van der Waals surface area contributed by atoms with Crippen LogP contribution in [0.2, 0.25) is 0 Å². The van der Waals surface area contributed by atoms with Crippen LogP contribution < -0.4 is 5.48 Å². The average molecular weight is 143 g/mol. The first-order valence-corrected chi connectivity index (χ1v) is 3.52. The van der Waals surface area contributed by atoms with Crippen molar-refractivity contribution in [2.45, 2.75) is 39.3 Å². The Morgan fingerprint density at radius 3 is 2.30 bits per heavy atom. The molecule has 0 aromatic heterocycles. The molecule has 0 fully saturated rings. The van der Waals surface area contributed by atoms with Gasteiger partial charge in [0.1, 0.15) is 0 Å². The second kappa shape index (κ2) is 3.74. The third kappa shape index (κ3) is 5.79. The van der Waals surface area contributed by atoms with E-state index in [0.29, 0.717) is 0 Å². The molecule has 0 aromatic rings. The van der Waals surface area contributed by atoms with Crippen molar-refractivity contribution in [3.05, 3.63) is 12.7 Å². The normalized spacial score (nSPS) is 14.8. The molecule has 0 saturated carbocycles. The minimum atomic E-state index is -0.128. The van der Waals surface area contributed by atoms with Gasteiger partial charge in [-0.15, -0.1) is 6.58 Å². The Labute approximate surface area is 63.2 Å². The van der Waals surface area contributed by atoms with Crippen molar-refractivity contribution >= 4 is 0 Å². The molecule has 0 heterocycles. The maximum Gasteiger partial charge on any atom is 0.0813 e. The molecule has 2 heteroatoms. The molecular weight excluding hydrogens is 126 g/mol. The van der Waals surface area contributed by atoms with Crippen LogP contribution >= 0.6 is 0 Å². The van der Waals surface area contributed by atoms with Crippen LogP contribution in [-0.4, -0.2) is 11.6 Å². The van der Waals surface area contributed by atoms with E-state index >= 15 is 0 Å². The lowest BCUT2D eigenvalue weighted by Gasteiger charge is -2.21. The molecular formula is C8H17NO. The molecule has 0 aromatic carbocycles. The number of hydrogen-bond donors (Lipinski definition) is 1. The fourth-order valence-corrected chi connectivity index (χ4v) is 0.318. The van der Waals surface area contributed by atoms with Crippen LogP contribution in [0.25, 0.3) is 0 Å².